The molecule has 1 saturated carbocycles. The number of tetrazole rings is 1. The Hall–Kier alpha value is -4.52. The number of piperazine rings is 1. The molecule has 1 saturated heterocycles. The van der Waals surface area contributed by atoms with Crippen LogP contribution in [0.15, 0.2) is 66.9 Å². The molecule has 0 spiro atoms. The third-order valence-corrected chi connectivity index (χ3v) is 9.31. The van der Waals surface area contributed by atoms with Crippen LogP contribution in [0, 0.1) is 11.8 Å². The molecule has 2 aromatic heterocycles. The molecule has 1 atom stereocenters. The summed E-state index contributed by atoms with van der Waals surface area (Å²) in [5.41, 5.74) is 16.6. The zero-order chi connectivity index (χ0) is 32.0. The van der Waals surface area contributed by atoms with Gasteiger partial charge in [-0.1, -0.05) is 24.3 Å². The van der Waals surface area contributed by atoms with Gasteiger partial charge < -0.3 is 21.3 Å². The highest BCUT2D eigenvalue weighted by atomic mass is 16.2. The van der Waals surface area contributed by atoms with Crippen LogP contribution in [-0.4, -0.2) is 88.1 Å². The van der Waals surface area contributed by atoms with Gasteiger partial charge in [-0.3, -0.25) is 9.59 Å². The minimum atomic E-state index is -0.922. The number of carbonyl (C=O) groups is 2. The number of carbonyl (C=O) groups excluding carboxylic acids is 2. The molecule has 3 heterocycles. The van der Waals surface area contributed by atoms with Crippen molar-refractivity contribution < 1.29 is 9.59 Å². The Kier molecular flexibility index (Phi) is 9.76. The maximum absolute atomic E-state index is 14.0. The highest BCUT2D eigenvalue weighted by Crippen LogP contribution is 2.32. The highest BCUT2D eigenvalue weighted by molar-refractivity contribution is 6.17. The van der Waals surface area contributed by atoms with Gasteiger partial charge in [-0.2, -0.15) is 5.21 Å². The average Bonchev–Trinajstić information content (AvgIpc) is 3.65. The van der Waals surface area contributed by atoms with Crippen molar-refractivity contribution in [1.29, 1.82) is 0 Å². The minimum Gasteiger partial charge on any atom is -0.354 e. The first kappa shape index (κ1) is 31.5. The molecule has 1 aliphatic heterocycles. The number of hydrogen-bond donors (Lipinski definition) is 3. The predicted molar refractivity (Wildman–Crippen MR) is 178 cm³/mol. The number of benzene rings is 2. The van der Waals surface area contributed by atoms with Crippen LogP contribution in [0.25, 0.3) is 22.5 Å². The Bertz CT molecular complexity index is 1590. The van der Waals surface area contributed by atoms with Gasteiger partial charge in [0, 0.05) is 49.4 Å². The van der Waals surface area contributed by atoms with E-state index < -0.39 is 11.9 Å². The number of likely N-dealkylation sites (N-methyl/N-ethyl adjacent to an activating group) is 1. The van der Waals surface area contributed by atoms with Crippen LogP contribution in [0.1, 0.15) is 31.2 Å². The number of amides is 2. The highest BCUT2D eigenvalue weighted by Gasteiger charge is 2.35. The fourth-order valence-electron chi connectivity index (χ4n) is 6.40. The lowest BCUT2D eigenvalue weighted by atomic mass is 9.81. The molecule has 0 radical (unpaired) electrons. The Morgan fingerprint density at radius 2 is 1.70 bits per heavy atom. The number of imide groups is 1. The normalized spacial score (nSPS) is 19.5. The van der Waals surface area contributed by atoms with Gasteiger partial charge in [0.15, 0.2) is 0 Å². The topological polar surface area (TPSA) is 163 Å². The van der Waals surface area contributed by atoms with E-state index in [1.165, 1.54) is 4.90 Å². The molecule has 0 unspecified atom stereocenters. The van der Waals surface area contributed by atoms with Crippen molar-refractivity contribution >= 4 is 23.3 Å². The fourth-order valence-corrected chi connectivity index (χ4v) is 6.40. The molecule has 12 heteroatoms. The van der Waals surface area contributed by atoms with Crippen molar-refractivity contribution in [2.24, 2.45) is 23.3 Å². The molecule has 2 fully saturated rings. The third kappa shape index (κ3) is 7.14. The molecule has 240 valence electrons. The number of pyridine rings is 1. The summed E-state index contributed by atoms with van der Waals surface area (Å²) in [5, 5.41) is 14.1. The van der Waals surface area contributed by atoms with Crippen LogP contribution in [0.4, 0.5) is 11.5 Å². The molecule has 6 rings (SSSR count). The Morgan fingerprint density at radius 1 is 0.957 bits per heavy atom. The number of aromatic amines is 1. The molecule has 4 aromatic rings. The minimum absolute atomic E-state index is 0.219. The molecule has 5 N–H and O–H groups in total. The van der Waals surface area contributed by atoms with Gasteiger partial charge in [0.1, 0.15) is 5.82 Å². The van der Waals surface area contributed by atoms with Crippen LogP contribution >= 0.6 is 0 Å². The van der Waals surface area contributed by atoms with Gasteiger partial charge in [0.25, 0.3) is 5.91 Å². The summed E-state index contributed by atoms with van der Waals surface area (Å²) >= 11 is 0. The van der Waals surface area contributed by atoms with E-state index in [0.29, 0.717) is 42.4 Å². The van der Waals surface area contributed by atoms with Crippen molar-refractivity contribution in [2.45, 2.75) is 38.1 Å². The van der Waals surface area contributed by atoms with Crippen LogP contribution in [0.5, 0.6) is 0 Å². The second-order valence-corrected chi connectivity index (χ2v) is 12.5. The molecular weight excluding hydrogens is 580 g/mol. The van der Waals surface area contributed by atoms with Gasteiger partial charge >= 0.3 is 0 Å². The van der Waals surface area contributed by atoms with E-state index in [2.05, 4.69) is 49.6 Å². The summed E-state index contributed by atoms with van der Waals surface area (Å²) in [6.07, 6.45) is 5.32. The smallest absolute Gasteiger partial charge is 0.251 e. The summed E-state index contributed by atoms with van der Waals surface area (Å²) in [6, 6.07) is 18.2. The lowest BCUT2D eigenvalue weighted by Crippen LogP contribution is -2.50. The van der Waals surface area contributed by atoms with E-state index in [1.54, 1.807) is 24.3 Å². The lowest BCUT2D eigenvalue weighted by molar-refractivity contribution is -0.130. The van der Waals surface area contributed by atoms with Gasteiger partial charge in [-0.25, -0.2) is 9.88 Å². The van der Waals surface area contributed by atoms with E-state index in [4.69, 9.17) is 16.5 Å². The van der Waals surface area contributed by atoms with Crippen molar-refractivity contribution in [1.82, 2.24) is 30.5 Å². The van der Waals surface area contributed by atoms with Crippen molar-refractivity contribution in [2.75, 3.05) is 49.6 Å². The summed E-state index contributed by atoms with van der Waals surface area (Å²) in [6.45, 7) is 4.58. The molecule has 1 aliphatic carbocycles. The molecule has 0 bridgehead atoms. The first-order chi connectivity index (χ1) is 22.4. The van der Waals surface area contributed by atoms with Gasteiger partial charge in [0.2, 0.25) is 11.7 Å². The number of rotatable bonds is 9. The van der Waals surface area contributed by atoms with Crippen LogP contribution in [0.3, 0.4) is 0 Å². The molecular formula is C34H42N10O2. The monoisotopic (exact) mass is 622 g/mol. The second-order valence-electron chi connectivity index (χ2n) is 12.5. The molecule has 46 heavy (non-hydrogen) atoms. The summed E-state index contributed by atoms with van der Waals surface area (Å²) in [7, 11) is 2.14. The Morgan fingerprint density at radius 3 is 2.35 bits per heavy atom. The van der Waals surface area contributed by atoms with Crippen LogP contribution in [-0.2, 0) is 16.0 Å². The number of nitrogens with one attached hydrogen (secondary N) is 1. The fraction of sp³-hybridized carbons (Fsp3) is 0.412. The maximum atomic E-state index is 14.0. The summed E-state index contributed by atoms with van der Waals surface area (Å²) < 4.78 is 0. The van der Waals surface area contributed by atoms with E-state index >= 15 is 0 Å². The molecule has 2 aromatic carbocycles. The predicted octanol–water partition coefficient (Wildman–Crippen LogP) is 2.88. The summed E-state index contributed by atoms with van der Waals surface area (Å²) in [5.74, 6) is 0.907. The van der Waals surface area contributed by atoms with Crippen LogP contribution < -0.4 is 21.3 Å². The van der Waals surface area contributed by atoms with E-state index in [0.717, 1.165) is 61.5 Å². The van der Waals surface area contributed by atoms with Gasteiger partial charge in [-0.15, -0.1) is 10.2 Å². The first-order valence-electron chi connectivity index (χ1n) is 16.1. The number of nitrogens with zero attached hydrogens (tertiary/aromatic N) is 7. The van der Waals surface area contributed by atoms with Crippen LogP contribution in [0.2, 0.25) is 0 Å². The molecule has 12 nitrogen and oxygen atoms in total. The number of H-pyrrole nitrogens is 1. The standard InChI is InChI=1S/C34H42N10O2/c1-42-15-17-43(18-16-42)31-14-11-28(22-37-31)27-4-2-3-24(19-27)20-30(36)34(46)44(33(45)26-7-5-23(21-35)6-8-26)29-12-9-25(10-13-29)32-38-40-41-39-32/h2-4,9-14,19,22-23,26,30H,5-8,15-18,20-21,35-36H2,1H3,(H,38,39,40,41)/t23?,26?,30-/m0/s1. The lowest BCUT2D eigenvalue weighted by Gasteiger charge is -2.33. The van der Waals surface area contributed by atoms with Gasteiger partial charge in [0.05, 0.1) is 11.7 Å². The van der Waals surface area contributed by atoms with Crippen molar-refractivity contribution in [3.63, 3.8) is 0 Å². The van der Waals surface area contributed by atoms with Gasteiger partial charge in [-0.05, 0) is 104 Å². The zero-order valence-corrected chi connectivity index (χ0v) is 26.3. The maximum Gasteiger partial charge on any atom is 0.251 e. The number of nitrogens with two attached hydrogens (primary N) is 2. The first-order valence-corrected chi connectivity index (χ1v) is 16.1. The molecule has 2 aliphatic rings. The third-order valence-electron chi connectivity index (χ3n) is 9.31. The number of anilines is 2. The summed E-state index contributed by atoms with van der Waals surface area (Å²) in [4.78, 5) is 38.6. The number of aromatic nitrogens is 5. The molecule has 2 amide bonds. The Balaban J connectivity index is 1.19. The largest absolute Gasteiger partial charge is 0.354 e. The van der Waals surface area contributed by atoms with E-state index in [1.807, 2.05) is 30.5 Å². The zero-order valence-electron chi connectivity index (χ0n) is 26.3. The second kappa shape index (κ2) is 14.3. The Labute approximate surface area is 269 Å². The quantitative estimate of drug-likeness (QED) is 0.253. The average molecular weight is 623 g/mol. The van der Waals surface area contributed by atoms with E-state index in [9.17, 15) is 9.59 Å². The van der Waals surface area contributed by atoms with E-state index in [-0.39, 0.29) is 18.2 Å². The van der Waals surface area contributed by atoms with Crippen molar-refractivity contribution in [3.8, 4) is 22.5 Å². The number of hydrogen-bond acceptors (Lipinski definition) is 10. The SMILES string of the molecule is CN1CCN(c2ccc(-c3cccc(C[C@H](N)C(=O)N(C(=O)C4CCC(CN)CC4)c4ccc(-c5nn[nH]n5)cc4)c3)cn2)CC1. The van der Waals surface area contributed by atoms with Crippen molar-refractivity contribution in [3.05, 3.63) is 72.4 Å².